The van der Waals surface area contributed by atoms with Gasteiger partial charge in [-0.3, -0.25) is 4.79 Å². The van der Waals surface area contributed by atoms with Crippen LogP contribution in [0, 0.1) is 13.8 Å². The molecule has 3 N–H and O–H groups in total. The number of nitrogen functional groups attached to an aromatic ring is 1. The number of rotatable bonds is 7. The van der Waals surface area contributed by atoms with E-state index in [1.54, 1.807) is 37.9 Å². The Bertz CT molecular complexity index is 1350. The van der Waals surface area contributed by atoms with Crippen molar-refractivity contribution in [3.05, 3.63) is 46.8 Å². The number of alkyl halides is 3. The van der Waals surface area contributed by atoms with Crippen molar-refractivity contribution in [2.45, 2.75) is 51.9 Å². The molecule has 1 fully saturated rings. The zero-order valence-electron chi connectivity index (χ0n) is 21.4. The molecule has 0 spiro atoms. The molecule has 198 valence electrons. The van der Waals surface area contributed by atoms with Crippen LogP contribution in [0.3, 0.4) is 0 Å². The summed E-state index contributed by atoms with van der Waals surface area (Å²) in [6.07, 6.45) is -3.33. The van der Waals surface area contributed by atoms with E-state index in [1.807, 2.05) is 0 Å². The number of anilines is 2. The fraction of sp³-hybridized carbons (Fsp3) is 0.423. The van der Waals surface area contributed by atoms with Gasteiger partial charge in [-0.2, -0.15) is 13.2 Å². The molecule has 0 aliphatic carbocycles. The van der Waals surface area contributed by atoms with Crippen molar-refractivity contribution in [2.24, 2.45) is 0 Å². The summed E-state index contributed by atoms with van der Waals surface area (Å²) in [5.74, 6) is 1.91. The number of aromatic nitrogens is 2. The Labute approximate surface area is 213 Å². The van der Waals surface area contributed by atoms with E-state index >= 15 is 0 Å². The lowest BCUT2D eigenvalue weighted by Gasteiger charge is -2.23. The molecule has 1 aliphatic rings. The Hall–Kier alpha value is -3.76. The number of nitrogens with one attached hydrogen (secondary N) is 1. The fourth-order valence-corrected chi connectivity index (χ4v) is 4.67. The van der Waals surface area contributed by atoms with Gasteiger partial charge in [0.25, 0.3) is 0 Å². The van der Waals surface area contributed by atoms with Gasteiger partial charge in [0.1, 0.15) is 18.2 Å². The highest BCUT2D eigenvalue weighted by Gasteiger charge is 2.34. The number of likely N-dealkylation sites (N-methyl/N-ethyl adjacent to an activating group) is 1. The van der Waals surface area contributed by atoms with Crippen molar-refractivity contribution in [3.63, 3.8) is 0 Å². The van der Waals surface area contributed by atoms with Crippen LogP contribution in [-0.4, -0.2) is 47.6 Å². The highest BCUT2D eigenvalue weighted by atomic mass is 19.4. The molecule has 1 amide bonds. The smallest absolute Gasteiger partial charge is 0.416 e. The molecule has 2 heterocycles. The Morgan fingerprint density at radius 2 is 1.92 bits per heavy atom. The number of carbonyl (C=O) groups excluding carboxylic acids is 1. The SMILES string of the molecule is COc1cc2nc(C)nc(N[C@H](C)c3cc(N)cc(C(F)(F)F)c3C)c2cc1OC[C@@H]1CCC(=O)N1C. The zero-order valence-corrected chi connectivity index (χ0v) is 21.4. The van der Waals surface area contributed by atoms with Gasteiger partial charge in [-0.15, -0.1) is 0 Å². The predicted octanol–water partition coefficient (Wildman–Crippen LogP) is 5.03. The molecule has 0 radical (unpaired) electrons. The number of carbonyl (C=O) groups is 1. The minimum atomic E-state index is -4.52. The zero-order chi connectivity index (χ0) is 27.1. The van der Waals surface area contributed by atoms with Gasteiger partial charge in [0.2, 0.25) is 5.91 Å². The number of fused-ring (bicyclic) bond motifs is 1. The van der Waals surface area contributed by atoms with Gasteiger partial charge in [0.05, 0.1) is 30.3 Å². The molecule has 1 aromatic heterocycles. The van der Waals surface area contributed by atoms with E-state index in [1.165, 1.54) is 20.1 Å². The third kappa shape index (κ3) is 5.35. The summed E-state index contributed by atoms with van der Waals surface area (Å²) in [6.45, 7) is 5.20. The predicted molar refractivity (Wildman–Crippen MR) is 135 cm³/mol. The molecule has 2 aromatic carbocycles. The number of likely N-dealkylation sites (tertiary alicyclic amines) is 1. The lowest BCUT2D eigenvalue weighted by Crippen LogP contribution is -2.33. The van der Waals surface area contributed by atoms with Gasteiger partial charge < -0.3 is 25.4 Å². The summed E-state index contributed by atoms with van der Waals surface area (Å²) in [7, 11) is 3.28. The van der Waals surface area contributed by atoms with Crippen molar-refractivity contribution >= 4 is 28.3 Å². The quantitative estimate of drug-likeness (QED) is 0.424. The molecular weight excluding hydrogens is 487 g/mol. The lowest BCUT2D eigenvalue weighted by molar-refractivity contribution is -0.138. The normalized spacial score (nSPS) is 16.8. The monoisotopic (exact) mass is 517 g/mol. The molecule has 37 heavy (non-hydrogen) atoms. The highest BCUT2D eigenvalue weighted by Crippen LogP contribution is 2.39. The van der Waals surface area contributed by atoms with Crippen molar-refractivity contribution < 1.29 is 27.4 Å². The van der Waals surface area contributed by atoms with Crippen molar-refractivity contribution in [3.8, 4) is 11.5 Å². The summed E-state index contributed by atoms with van der Waals surface area (Å²) in [5, 5.41) is 3.85. The van der Waals surface area contributed by atoms with E-state index in [4.69, 9.17) is 15.2 Å². The summed E-state index contributed by atoms with van der Waals surface area (Å²) in [6, 6.07) is 5.36. The number of hydrogen-bond acceptors (Lipinski definition) is 7. The average Bonchev–Trinajstić information content (AvgIpc) is 3.14. The number of ether oxygens (including phenoxy) is 2. The maximum atomic E-state index is 13.6. The third-order valence-electron chi connectivity index (χ3n) is 6.75. The van der Waals surface area contributed by atoms with E-state index in [9.17, 15) is 18.0 Å². The van der Waals surface area contributed by atoms with Gasteiger partial charge in [-0.1, -0.05) is 0 Å². The van der Waals surface area contributed by atoms with Crippen molar-refractivity contribution in [1.82, 2.24) is 14.9 Å². The van der Waals surface area contributed by atoms with Crippen molar-refractivity contribution in [2.75, 3.05) is 31.8 Å². The first kappa shape index (κ1) is 26.3. The lowest BCUT2D eigenvalue weighted by atomic mass is 9.96. The van der Waals surface area contributed by atoms with Gasteiger partial charge in [0, 0.05) is 30.6 Å². The molecule has 8 nitrogen and oxygen atoms in total. The molecule has 1 saturated heterocycles. The summed E-state index contributed by atoms with van der Waals surface area (Å²) >= 11 is 0. The van der Waals surface area contributed by atoms with Crippen LogP contribution in [0.4, 0.5) is 24.7 Å². The van der Waals surface area contributed by atoms with E-state index in [0.717, 1.165) is 6.07 Å². The minimum Gasteiger partial charge on any atom is -0.493 e. The number of halogens is 3. The maximum Gasteiger partial charge on any atom is 0.416 e. The molecule has 0 bridgehead atoms. The van der Waals surface area contributed by atoms with Crippen LogP contribution in [0.5, 0.6) is 11.5 Å². The molecule has 3 aromatic rings. The molecule has 2 atom stereocenters. The van der Waals surface area contributed by atoms with Gasteiger partial charge >= 0.3 is 6.18 Å². The first-order valence-corrected chi connectivity index (χ1v) is 11.9. The first-order chi connectivity index (χ1) is 17.4. The summed E-state index contributed by atoms with van der Waals surface area (Å²) < 4.78 is 52.3. The molecule has 4 rings (SSSR count). The third-order valence-corrected chi connectivity index (χ3v) is 6.75. The van der Waals surface area contributed by atoms with Crippen LogP contribution in [0.1, 0.15) is 48.3 Å². The Morgan fingerprint density at radius 3 is 2.54 bits per heavy atom. The Kier molecular flexibility index (Phi) is 7.07. The fourth-order valence-electron chi connectivity index (χ4n) is 4.67. The highest BCUT2D eigenvalue weighted by molar-refractivity contribution is 5.92. The molecular formula is C26H30F3N5O3. The van der Waals surface area contributed by atoms with E-state index in [2.05, 4.69) is 15.3 Å². The van der Waals surface area contributed by atoms with Crippen LogP contribution in [-0.2, 0) is 11.0 Å². The number of nitrogens with two attached hydrogens (primary N) is 1. The van der Waals surface area contributed by atoms with Gasteiger partial charge in [0.15, 0.2) is 11.5 Å². The largest absolute Gasteiger partial charge is 0.493 e. The summed E-state index contributed by atoms with van der Waals surface area (Å²) in [5.41, 5.74) is 6.17. The number of methoxy groups -OCH3 is 1. The number of benzene rings is 2. The standard InChI is InChI=1S/C26H30F3N5O3/c1-13-18(8-16(30)9-20(13)26(27,28)29)14(2)31-25-19-10-23(37-12-17-6-7-24(35)34(17)4)22(36-5)11-21(19)32-15(3)33-25/h8-11,14,17H,6-7,12,30H2,1-5H3,(H,31,32,33)/t14-,17+/m1/s1. The molecule has 0 unspecified atom stereocenters. The van der Waals surface area contributed by atoms with Gasteiger partial charge in [-0.05, 0) is 56.5 Å². The molecule has 1 aliphatic heterocycles. The van der Waals surface area contributed by atoms with Crippen LogP contribution in [0.25, 0.3) is 10.9 Å². The van der Waals surface area contributed by atoms with Crippen molar-refractivity contribution in [1.29, 1.82) is 0 Å². The van der Waals surface area contributed by atoms with E-state index in [-0.39, 0.29) is 23.2 Å². The second-order valence-corrected chi connectivity index (χ2v) is 9.29. The van der Waals surface area contributed by atoms with Crippen LogP contribution >= 0.6 is 0 Å². The molecule has 11 heteroatoms. The topological polar surface area (TPSA) is 103 Å². The van der Waals surface area contributed by atoms with Crippen LogP contribution < -0.4 is 20.5 Å². The number of hydrogen-bond donors (Lipinski definition) is 2. The number of aryl methyl sites for hydroxylation is 1. The van der Waals surface area contributed by atoms with Gasteiger partial charge in [-0.25, -0.2) is 9.97 Å². The maximum absolute atomic E-state index is 13.6. The first-order valence-electron chi connectivity index (χ1n) is 11.9. The summed E-state index contributed by atoms with van der Waals surface area (Å²) in [4.78, 5) is 22.6. The van der Waals surface area contributed by atoms with Crippen LogP contribution in [0.2, 0.25) is 0 Å². The number of amides is 1. The second-order valence-electron chi connectivity index (χ2n) is 9.29. The van der Waals surface area contributed by atoms with Crippen LogP contribution in [0.15, 0.2) is 24.3 Å². The molecule has 0 saturated carbocycles. The Balaban J connectivity index is 1.70. The average molecular weight is 518 g/mol. The minimum absolute atomic E-state index is 0.0288. The van der Waals surface area contributed by atoms with E-state index in [0.29, 0.717) is 59.1 Å². The number of nitrogens with zero attached hydrogens (tertiary/aromatic N) is 3. The second kappa shape index (κ2) is 9.95. The van der Waals surface area contributed by atoms with E-state index < -0.39 is 17.8 Å². The Morgan fingerprint density at radius 1 is 1.19 bits per heavy atom.